The quantitative estimate of drug-likeness (QED) is 0.240. The Morgan fingerprint density at radius 3 is 2.45 bits per heavy atom. The third kappa shape index (κ3) is 7.92. The highest BCUT2D eigenvalue weighted by Gasteiger charge is 2.45. The van der Waals surface area contributed by atoms with Crippen LogP contribution in [0.5, 0.6) is 11.8 Å². The molecule has 7 heterocycles. The van der Waals surface area contributed by atoms with Gasteiger partial charge in [0.25, 0.3) is 0 Å². The average molecular weight is 788 g/mol. The van der Waals surface area contributed by atoms with E-state index in [0.29, 0.717) is 85.7 Å². The number of aromatic nitrogens is 5. The fraction of sp³-hybridized carbons (Fsp3) is 0.541. The van der Waals surface area contributed by atoms with Gasteiger partial charge in [-0.2, -0.15) is 18.2 Å². The van der Waals surface area contributed by atoms with E-state index < -0.39 is 45.9 Å². The first kappa shape index (κ1) is 39.0. The predicted octanol–water partition coefficient (Wildman–Crippen LogP) is 4.58. The minimum absolute atomic E-state index is 0.0389. The van der Waals surface area contributed by atoms with Crippen LogP contribution < -0.4 is 9.47 Å². The number of halogens is 3. The summed E-state index contributed by atoms with van der Waals surface area (Å²) in [4.78, 5) is 25.2. The first-order chi connectivity index (χ1) is 26.2. The van der Waals surface area contributed by atoms with E-state index in [4.69, 9.17) is 23.9 Å². The maximum atomic E-state index is 14.5. The number of aryl methyl sites for hydroxylation is 2. The van der Waals surface area contributed by atoms with Crippen LogP contribution in [0, 0.1) is 19.3 Å². The normalized spacial score (nSPS) is 20.2. The van der Waals surface area contributed by atoms with Gasteiger partial charge < -0.3 is 24.1 Å². The van der Waals surface area contributed by atoms with Crippen LogP contribution in [0.4, 0.5) is 13.2 Å². The molecule has 4 aromatic rings. The second-order valence-corrected chi connectivity index (χ2v) is 16.2. The molecule has 0 saturated carbocycles. The topological polar surface area (TPSA) is 154 Å². The van der Waals surface area contributed by atoms with Gasteiger partial charge >= 0.3 is 12.1 Å². The predicted molar refractivity (Wildman–Crippen MR) is 192 cm³/mol. The molecule has 0 aliphatic carbocycles. The molecule has 0 aromatic carbocycles. The summed E-state index contributed by atoms with van der Waals surface area (Å²) in [5, 5.41) is 17.7. The number of nitrogens with zero attached hydrogens (tertiary/aromatic N) is 7. The second kappa shape index (κ2) is 15.4. The lowest BCUT2D eigenvalue weighted by molar-refractivity contribution is -0.147. The highest BCUT2D eigenvalue weighted by molar-refractivity contribution is 7.82. The van der Waals surface area contributed by atoms with Crippen molar-refractivity contribution in [1.29, 1.82) is 0 Å². The number of carboxylic acids is 1. The van der Waals surface area contributed by atoms with Gasteiger partial charge in [0.05, 0.1) is 50.6 Å². The van der Waals surface area contributed by atoms with Crippen LogP contribution in [0.15, 0.2) is 41.4 Å². The lowest BCUT2D eigenvalue weighted by Gasteiger charge is -2.38. The van der Waals surface area contributed by atoms with E-state index in [-0.39, 0.29) is 24.6 Å². The summed E-state index contributed by atoms with van der Waals surface area (Å²) < 4.78 is 81.9. The van der Waals surface area contributed by atoms with E-state index in [1.54, 1.807) is 43.3 Å². The minimum Gasteiger partial charge on any atom is -0.481 e. The van der Waals surface area contributed by atoms with Crippen LogP contribution >= 0.6 is 0 Å². The molecule has 296 valence electrons. The molecule has 2 atom stereocenters. The van der Waals surface area contributed by atoms with Crippen molar-refractivity contribution in [3.05, 3.63) is 70.4 Å². The molecule has 0 radical (unpaired) electrons. The molecule has 3 aliphatic rings. The van der Waals surface area contributed by atoms with Gasteiger partial charge in [-0.15, -0.1) is 10.2 Å². The third-order valence-corrected chi connectivity index (χ3v) is 12.1. The summed E-state index contributed by atoms with van der Waals surface area (Å²) in [5.41, 5.74) is 0.233. The van der Waals surface area contributed by atoms with Crippen molar-refractivity contribution < 1.29 is 46.2 Å². The zero-order chi connectivity index (χ0) is 39.1. The van der Waals surface area contributed by atoms with Crippen LogP contribution in [0.25, 0.3) is 5.65 Å². The number of hydrogen-bond acceptors (Lipinski definition) is 11. The van der Waals surface area contributed by atoms with Gasteiger partial charge in [0.1, 0.15) is 28.1 Å². The van der Waals surface area contributed by atoms with Crippen LogP contribution in [0.3, 0.4) is 0 Å². The number of pyridine rings is 3. The molecule has 4 aromatic heterocycles. The number of rotatable bonds is 10. The number of aliphatic carboxylic acids is 1. The Hall–Kier alpha value is -4.23. The first-order valence-electron chi connectivity index (χ1n) is 18.2. The third-order valence-electron chi connectivity index (χ3n) is 10.7. The molecule has 18 heteroatoms. The van der Waals surface area contributed by atoms with Crippen LogP contribution in [0.1, 0.15) is 66.5 Å². The Balaban J connectivity index is 1.21. The van der Waals surface area contributed by atoms with Gasteiger partial charge in [-0.3, -0.25) is 19.1 Å². The SMILES string of the molecule is Cc1ccc(C(c2ccn3c(C(F)(F)F)nnc3c2C)C(C)(C)C(=O)O)nc1CN1CC2(CCOCC2)Oc2nc(OCCN3CCOCC3)ccc2S1=O. The Morgan fingerprint density at radius 1 is 1.02 bits per heavy atom. The molecule has 14 nitrogen and oxygen atoms in total. The summed E-state index contributed by atoms with van der Waals surface area (Å²) in [6.45, 7) is 12.0. The molecular formula is C37H44F3N7O7S. The fourth-order valence-electron chi connectivity index (χ4n) is 7.40. The summed E-state index contributed by atoms with van der Waals surface area (Å²) in [5.74, 6) is -2.61. The zero-order valence-electron chi connectivity index (χ0n) is 31.1. The monoisotopic (exact) mass is 787 g/mol. The van der Waals surface area contributed by atoms with Crippen molar-refractivity contribution in [3.8, 4) is 11.8 Å². The van der Waals surface area contributed by atoms with Crippen molar-refractivity contribution in [2.24, 2.45) is 5.41 Å². The van der Waals surface area contributed by atoms with Gasteiger partial charge in [0.15, 0.2) is 5.65 Å². The van der Waals surface area contributed by atoms with Gasteiger partial charge in [0, 0.05) is 56.4 Å². The van der Waals surface area contributed by atoms with Crippen LogP contribution in [-0.4, -0.2) is 114 Å². The molecule has 1 N–H and O–H groups in total. The molecule has 0 bridgehead atoms. The summed E-state index contributed by atoms with van der Waals surface area (Å²) in [7, 11) is -1.74. The van der Waals surface area contributed by atoms with Gasteiger partial charge in [-0.25, -0.2) is 8.51 Å². The zero-order valence-corrected chi connectivity index (χ0v) is 31.9. The van der Waals surface area contributed by atoms with Crippen molar-refractivity contribution in [2.45, 2.75) is 69.7 Å². The molecule has 2 saturated heterocycles. The Morgan fingerprint density at radius 2 is 1.75 bits per heavy atom. The molecule has 3 aliphatic heterocycles. The molecule has 7 rings (SSSR count). The fourth-order valence-corrected chi connectivity index (χ4v) is 8.69. The smallest absolute Gasteiger partial charge is 0.452 e. The second-order valence-electron chi connectivity index (χ2n) is 14.8. The maximum Gasteiger partial charge on any atom is 0.452 e. The number of alkyl halides is 3. The first-order valence-corrected chi connectivity index (χ1v) is 19.3. The van der Waals surface area contributed by atoms with Crippen molar-refractivity contribution in [2.75, 3.05) is 59.2 Å². The molecule has 1 spiro atoms. The molecule has 2 fully saturated rings. The number of ether oxygens (including phenoxy) is 4. The lowest BCUT2D eigenvalue weighted by Crippen LogP contribution is -2.49. The maximum absolute atomic E-state index is 14.5. The van der Waals surface area contributed by atoms with Crippen molar-refractivity contribution in [3.63, 3.8) is 0 Å². The van der Waals surface area contributed by atoms with E-state index >= 15 is 0 Å². The number of carboxylic acid groups (broad SMARTS) is 1. The minimum atomic E-state index is -4.74. The van der Waals surface area contributed by atoms with Crippen LogP contribution in [0.2, 0.25) is 0 Å². The Bertz CT molecular complexity index is 2080. The largest absolute Gasteiger partial charge is 0.481 e. The van der Waals surface area contributed by atoms with Gasteiger partial charge in [-0.05, 0) is 62.6 Å². The Labute approximate surface area is 318 Å². The summed E-state index contributed by atoms with van der Waals surface area (Å²) in [6, 6.07) is 8.42. The average Bonchev–Trinajstić information content (AvgIpc) is 3.56. The van der Waals surface area contributed by atoms with E-state index in [2.05, 4.69) is 20.1 Å². The van der Waals surface area contributed by atoms with Gasteiger partial charge in [-0.1, -0.05) is 6.07 Å². The number of morpholine rings is 1. The van der Waals surface area contributed by atoms with Crippen molar-refractivity contribution in [1.82, 2.24) is 33.8 Å². The lowest BCUT2D eigenvalue weighted by atomic mass is 9.72. The Kier molecular flexibility index (Phi) is 10.9. The molecule has 55 heavy (non-hydrogen) atoms. The molecular weight excluding hydrogens is 744 g/mol. The standard InChI is InChI=1S/C37H44F3N7O7S/c1-23-5-6-26(30(35(3,4)34(48)49)25-9-12-47-31(24(25)2)43-44-33(47)37(38,39)40)41-27(23)21-46-22-36(10-16-51-17-11-36)54-32-28(55(46)50)7-8-29(42-32)53-20-15-45-13-18-52-19-14-45/h5-9,12,30H,10-11,13-22H2,1-4H3,(H,48,49). The number of fused-ring (bicyclic) bond motifs is 2. The van der Waals surface area contributed by atoms with E-state index in [0.717, 1.165) is 23.1 Å². The number of hydrogen-bond donors (Lipinski definition) is 1. The van der Waals surface area contributed by atoms with E-state index in [9.17, 15) is 27.3 Å². The molecule has 2 unspecified atom stereocenters. The van der Waals surface area contributed by atoms with Crippen molar-refractivity contribution >= 4 is 22.6 Å². The van der Waals surface area contributed by atoms with E-state index in [1.807, 2.05) is 13.0 Å². The highest BCUT2D eigenvalue weighted by Crippen LogP contribution is 2.44. The van der Waals surface area contributed by atoms with Crippen LogP contribution in [-0.2, 0) is 38.0 Å². The van der Waals surface area contributed by atoms with Gasteiger partial charge in [0.2, 0.25) is 17.6 Å². The molecule has 0 amide bonds. The van der Waals surface area contributed by atoms with E-state index in [1.165, 1.54) is 12.3 Å². The summed E-state index contributed by atoms with van der Waals surface area (Å²) >= 11 is 0. The summed E-state index contributed by atoms with van der Waals surface area (Å²) in [6.07, 6.45) is -2.46. The number of carbonyl (C=O) groups is 1. The highest BCUT2D eigenvalue weighted by atomic mass is 32.2.